The molecule has 4 rings (SSSR count). The van der Waals surface area contributed by atoms with Gasteiger partial charge in [-0.1, -0.05) is 30.3 Å². The number of ether oxygens (including phenoxy) is 1. The molecule has 0 aliphatic carbocycles. The normalized spacial score (nSPS) is 20.8. The van der Waals surface area contributed by atoms with Gasteiger partial charge in [-0.3, -0.25) is 9.59 Å². The molecule has 2 unspecified atom stereocenters. The molecule has 0 bridgehead atoms. The molecule has 0 aromatic heterocycles. The van der Waals surface area contributed by atoms with Crippen LogP contribution in [-0.2, 0) is 9.59 Å². The fourth-order valence-electron chi connectivity index (χ4n) is 3.50. The lowest BCUT2D eigenvalue weighted by molar-refractivity contribution is -0.137. The van der Waals surface area contributed by atoms with Crippen LogP contribution in [0.2, 0.25) is 0 Å². The molecule has 2 aliphatic rings. The second-order valence-electron chi connectivity index (χ2n) is 6.79. The highest BCUT2D eigenvalue weighted by atomic mass is 16.5. The van der Waals surface area contributed by atoms with Crippen molar-refractivity contribution in [1.29, 1.82) is 0 Å². The molecule has 2 N–H and O–H groups in total. The topological polar surface area (TPSA) is 73.9 Å². The lowest BCUT2D eigenvalue weighted by atomic mass is 10.0. The molecule has 0 radical (unpaired) electrons. The Bertz CT molecular complexity index is 882. The molecule has 2 aromatic rings. The van der Waals surface area contributed by atoms with Crippen molar-refractivity contribution in [2.24, 2.45) is 0 Å². The van der Waals surface area contributed by atoms with Gasteiger partial charge in [0.05, 0.1) is 13.2 Å². The van der Waals surface area contributed by atoms with Crippen LogP contribution in [0.15, 0.2) is 67.0 Å². The number of benzene rings is 2. The average Bonchev–Trinajstić information content (AvgIpc) is 3.16. The number of rotatable bonds is 5. The molecular weight excluding hydrogens is 356 g/mol. The lowest BCUT2D eigenvalue weighted by Crippen LogP contribution is -2.49. The van der Waals surface area contributed by atoms with Gasteiger partial charge in [0.1, 0.15) is 18.3 Å². The molecule has 1 saturated heterocycles. The van der Waals surface area contributed by atoms with Gasteiger partial charge in [-0.25, -0.2) is 5.43 Å². The van der Waals surface area contributed by atoms with Gasteiger partial charge >= 0.3 is 0 Å². The molecule has 2 aromatic carbocycles. The summed E-state index contributed by atoms with van der Waals surface area (Å²) in [5, 5.41) is 4.63. The van der Waals surface area contributed by atoms with Crippen LogP contribution in [0.4, 0.5) is 5.69 Å². The molecule has 2 atom stereocenters. The molecule has 1 fully saturated rings. The van der Waals surface area contributed by atoms with E-state index in [2.05, 4.69) is 10.7 Å². The molecular formula is C21H22N4O3. The number of para-hydroxylation sites is 1. The van der Waals surface area contributed by atoms with E-state index in [-0.39, 0.29) is 30.4 Å². The van der Waals surface area contributed by atoms with Crippen LogP contribution in [0.3, 0.4) is 0 Å². The van der Waals surface area contributed by atoms with Crippen molar-refractivity contribution < 1.29 is 14.3 Å². The zero-order valence-electron chi connectivity index (χ0n) is 15.5. The summed E-state index contributed by atoms with van der Waals surface area (Å²) in [6.07, 6.45) is 4.09. The molecule has 2 heterocycles. The summed E-state index contributed by atoms with van der Waals surface area (Å²) in [5.41, 5.74) is 5.15. The van der Waals surface area contributed by atoms with E-state index in [0.717, 1.165) is 11.3 Å². The number of carbonyl (C=O) groups excluding carboxylic acids is 2. The highest BCUT2D eigenvalue weighted by molar-refractivity contribution is 5.96. The van der Waals surface area contributed by atoms with E-state index < -0.39 is 0 Å². The van der Waals surface area contributed by atoms with Gasteiger partial charge in [0, 0.05) is 18.1 Å². The standard InChI is InChI=1S/C21H22N4O3/c1-28-17-9-7-15(8-10-17)18-13-19-21(27)24(11-12-25(19)23-18)14-20(26)22-16-5-3-2-4-6-16/h2-12,18-19,23H,13-14H2,1H3,(H,22,26). The highest BCUT2D eigenvalue weighted by Gasteiger charge is 2.40. The predicted octanol–water partition coefficient (Wildman–Crippen LogP) is 2.27. The third kappa shape index (κ3) is 3.70. The Morgan fingerprint density at radius 3 is 2.61 bits per heavy atom. The number of carbonyl (C=O) groups is 2. The van der Waals surface area contributed by atoms with Crippen LogP contribution >= 0.6 is 0 Å². The Labute approximate surface area is 163 Å². The summed E-state index contributed by atoms with van der Waals surface area (Å²) in [4.78, 5) is 26.6. The van der Waals surface area contributed by atoms with Gasteiger partial charge in [0.15, 0.2) is 0 Å². The molecule has 7 nitrogen and oxygen atoms in total. The minimum atomic E-state index is -0.332. The summed E-state index contributed by atoms with van der Waals surface area (Å²) < 4.78 is 5.20. The second kappa shape index (κ2) is 7.74. The first-order chi connectivity index (χ1) is 13.6. The highest BCUT2D eigenvalue weighted by Crippen LogP contribution is 2.31. The largest absolute Gasteiger partial charge is 0.497 e. The maximum absolute atomic E-state index is 12.9. The van der Waals surface area contributed by atoms with Crippen molar-refractivity contribution in [2.75, 3.05) is 19.0 Å². The first-order valence-corrected chi connectivity index (χ1v) is 9.16. The van der Waals surface area contributed by atoms with Gasteiger partial charge < -0.3 is 20.0 Å². The molecule has 144 valence electrons. The summed E-state index contributed by atoms with van der Waals surface area (Å²) in [6, 6.07) is 16.7. The SMILES string of the molecule is COc1ccc(C2CC3C(=O)N(CC(=O)Nc4ccccc4)C=CN3N2)cc1. The van der Waals surface area contributed by atoms with Crippen LogP contribution in [0.1, 0.15) is 18.0 Å². The van der Waals surface area contributed by atoms with E-state index in [9.17, 15) is 9.59 Å². The molecule has 0 saturated carbocycles. The fraction of sp³-hybridized carbons (Fsp3) is 0.238. The molecule has 7 heteroatoms. The second-order valence-corrected chi connectivity index (χ2v) is 6.79. The van der Waals surface area contributed by atoms with Gasteiger partial charge in [0.2, 0.25) is 5.91 Å². The molecule has 0 spiro atoms. The lowest BCUT2D eigenvalue weighted by Gasteiger charge is -2.31. The Morgan fingerprint density at radius 2 is 1.89 bits per heavy atom. The summed E-state index contributed by atoms with van der Waals surface area (Å²) >= 11 is 0. The number of hydrogen-bond donors (Lipinski definition) is 2. The summed E-state index contributed by atoms with van der Waals surface area (Å²) in [7, 11) is 1.63. The molecule has 28 heavy (non-hydrogen) atoms. The predicted molar refractivity (Wildman–Crippen MR) is 105 cm³/mol. The van der Waals surface area contributed by atoms with Crippen molar-refractivity contribution in [3.8, 4) is 5.75 Å². The number of fused-ring (bicyclic) bond motifs is 1. The van der Waals surface area contributed by atoms with Crippen LogP contribution < -0.4 is 15.5 Å². The van der Waals surface area contributed by atoms with Crippen molar-refractivity contribution in [3.05, 3.63) is 72.6 Å². The number of methoxy groups -OCH3 is 1. The smallest absolute Gasteiger partial charge is 0.251 e. The fourth-order valence-corrected chi connectivity index (χ4v) is 3.50. The average molecular weight is 378 g/mol. The zero-order valence-corrected chi connectivity index (χ0v) is 15.5. The van der Waals surface area contributed by atoms with Crippen LogP contribution in [0.25, 0.3) is 0 Å². The van der Waals surface area contributed by atoms with Gasteiger partial charge in [-0.15, -0.1) is 0 Å². The van der Waals surface area contributed by atoms with Crippen molar-refractivity contribution in [2.45, 2.75) is 18.5 Å². The van der Waals surface area contributed by atoms with Crippen LogP contribution in [-0.4, -0.2) is 41.4 Å². The first kappa shape index (κ1) is 18.1. The van der Waals surface area contributed by atoms with Gasteiger partial charge in [0.25, 0.3) is 5.91 Å². The Morgan fingerprint density at radius 1 is 1.14 bits per heavy atom. The summed E-state index contributed by atoms with van der Waals surface area (Å²) in [5.74, 6) is 0.482. The monoisotopic (exact) mass is 378 g/mol. The van der Waals surface area contributed by atoms with Crippen molar-refractivity contribution >= 4 is 17.5 Å². The van der Waals surface area contributed by atoms with E-state index >= 15 is 0 Å². The minimum absolute atomic E-state index is 0.0121. The summed E-state index contributed by atoms with van der Waals surface area (Å²) in [6.45, 7) is -0.0121. The Balaban J connectivity index is 1.39. The number of hydrazine groups is 1. The maximum Gasteiger partial charge on any atom is 0.251 e. The van der Waals surface area contributed by atoms with E-state index in [1.165, 1.54) is 4.90 Å². The minimum Gasteiger partial charge on any atom is -0.497 e. The van der Waals surface area contributed by atoms with Gasteiger partial charge in [-0.2, -0.15) is 0 Å². The number of nitrogens with zero attached hydrogens (tertiary/aromatic N) is 2. The van der Waals surface area contributed by atoms with Gasteiger partial charge in [-0.05, 0) is 36.2 Å². The zero-order chi connectivity index (χ0) is 19.5. The molecule has 2 aliphatic heterocycles. The van der Waals surface area contributed by atoms with E-state index in [1.54, 1.807) is 13.3 Å². The third-order valence-corrected chi connectivity index (χ3v) is 4.96. The quantitative estimate of drug-likeness (QED) is 0.835. The number of amides is 2. The van der Waals surface area contributed by atoms with Crippen molar-refractivity contribution in [3.63, 3.8) is 0 Å². The maximum atomic E-state index is 12.9. The Hall–Kier alpha value is -3.32. The van der Waals surface area contributed by atoms with E-state index in [4.69, 9.17) is 4.74 Å². The number of anilines is 1. The van der Waals surface area contributed by atoms with Crippen LogP contribution in [0.5, 0.6) is 5.75 Å². The number of nitrogens with one attached hydrogen (secondary N) is 2. The van der Waals surface area contributed by atoms with Crippen molar-refractivity contribution in [1.82, 2.24) is 15.3 Å². The first-order valence-electron chi connectivity index (χ1n) is 9.16. The third-order valence-electron chi connectivity index (χ3n) is 4.96. The number of hydrogen-bond acceptors (Lipinski definition) is 5. The van der Waals surface area contributed by atoms with E-state index in [1.807, 2.05) is 65.8 Å². The molecule has 2 amide bonds. The van der Waals surface area contributed by atoms with E-state index in [0.29, 0.717) is 12.1 Å². The van der Waals surface area contributed by atoms with Crippen LogP contribution in [0, 0.1) is 0 Å². The Kier molecular flexibility index (Phi) is 4.99.